The molecule has 2 aromatic rings. The van der Waals surface area contributed by atoms with Gasteiger partial charge in [0.15, 0.2) is 5.78 Å². The van der Waals surface area contributed by atoms with Crippen LogP contribution in [-0.2, 0) is 10.0 Å². The van der Waals surface area contributed by atoms with E-state index in [4.69, 9.17) is 0 Å². The molecule has 0 fully saturated rings. The van der Waals surface area contributed by atoms with Gasteiger partial charge in [-0.25, -0.2) is 8.42 Å². The fourth-order valence-corrected chi connectivity index (χ4v) is 3.66. The van der Waals surface area contributed by atoms with Gasteiger partial charge in [-0.2, -0.15) is 0 Å². The first-order chi connectivity index (χ1) is 10.5. The first-order valence-electron chi connectivity index (χ1n) is 7.06. The highest BCUT2D eigenvalue weighted by Crippen LogP contribution is 2.23. The average molecular weight is 318 g/mol. The number of Topliss-reactive ketones (excluding diaryl/α,β-unsaturated/α-hetero) is 1. The van der Waals surface area contributed by atoms with E-state index in [9.17, 15) is 13.2 Å². The largest absolute Gasteiger partial charge is 0.294 e. The molecule has 6 heteroatoms. The maximum atomic E-state index is 12.8. The van der Waals surface area contributed by atoms with Crippen LogP contribution < -0.4 is 4.31 Å². The van der Waals surface area contributed by atoms with Gasteiger partial charge in [-0.3, -0.25) is 14.1 Å². The molecule has 1 heterocycles. The molecule has 0 aliphatic carbocycles. The van der Waals surface area contributed by atoms with Crippen molar-refractivity contribution >= 4 is 21.5 Å². The Morgan fingerprint density at radius 1 is 1.18 bits per heavy atom. The maximum Gasteiger partial charge on any atom is 0.264 e. The molecule has 0 radical (unpaired) electrons. The summed E-state index contributed by atoms with van der Waals surface area (Å²) in [7, 11) is -3.73. The summed E-state index contributed by atoms with van der Waals surface area (Å²) < 4.78 is 26.9. The van der Waals surface area contributed by atoms with Gasteiger partial charge in [0.2, 0.25) is 0 Å². The predicted octanol–water partition coefficient (Wildman–Crippen LogP) is 2.89. The van der Waals surface area contributed by atoms with Gasteiger partial charge in [-0.15, -0.1) is 0 Å². The summed E-state index contributed by atoms with van der Waals surface area (Å²) in [6.45, 7) is 3.78. The molecule has 0 unspecified atom stereocenters. The molecule has 0 spiro atoms. The van der Waals surface area contributed by atoms with Crippen molar-refractivity contribution in [1.82, 2.24) is 4.98 Å². The number of nitrogens with zero attached hydrogens (tertiary/aromatic N) is 2. The SMILES string of the molecule is CCC(=O)c1cccc(S(=O)(=O)N(CC)c2cccnc2)c1. The minimum Gasteiger partial charge on any atom is -0.294 e. The number of carbonyl (C=O) groups is 1. The van der Waals surface area contributed by atoms with Crippen molar-refractivity contribution in [2.24, 2.45) is 0 Å². The molecular formula is C16H18N2O3S. The van der Waals surface area contributed by atoms with E-state index < -0.39 is 10.0 Å². The van der Waals surface area contributed by atoms with Crippen LogP contribution in [0.5, 0.6) is 0 Å². The standard InChI is InChI=1S/C16H18N2O3S/c1-3-16(19)13-7-5-9-15(11-13)22(20,21)18(4-2)14-8-6-10-17-12-14/h5-12H,3-4H2,1-2H3. The van der Waals surface area contributed by atoms with Gasteiger partial charge >= 0.3 is 0 Å². The number of pyridine rings is 1. The van der Waals surface area contributed by atoms with E-state index in [0.29, 0.717) is 17.7 Å². The van der Waals surface area contributed by atoms with Crippen LogP contribution in [-0.4, -0.2) is 25.7 Å². The lowest BCUT2D eigenvalue weighted by atomic mass is 10.1. The van der Waals surface area contributed by atoms with Gasteiger partial charge in [0.05, 0.1) is 16.8 Å². The zero-order valence-corrected chi connectivity index (χ0v) is 13.4. The third kappa shape index (κ3) is 3.17. The van der Waals surface area contributed by atoms with Crippen molar-refractivity contribution in [2.75, 3.05) is 10.8 Å². The number of benzene rings is 1. The first kappa shape index (κ1) is 16.2. The Kier molecular flexibility index (Phi) is 4.92. The van der Waals surface area contributed by atoms with Crippen molar-refractivity contribution in [1.29, 1.82) is 0 Å². The minimum absolute atomic E-state index is 0.0820. The van der Waals surface area contributed by atoms with Crippen LogP contribution in [0.1, 0.15) is 30.6 Å². The number of sulfonamides is 1. The summed E-state index contributed by atoms with van der Waals surface area (Å²) >= 11 is 0. The second-order valence-corrected chi connectivity index (χ2v) is 6.55. The monoisotopic (exact) mass is 318 g/mol. The van der Waals surface area contributed by atoms with Crippen LogP contribution in [0, 0.1) is 0 Å². The molecule has 1 aromatic carbocycles. The number of aromatic nitrogens is 1. The fraction of sp³-hybridized carbons (Fsp3) is 0.250. The normalized spacial score (nSPS) is 11.2. The highest BCUT2D eigenvalue weighted by Gasteiger charge is 2.24. The maximum absolute atomic E-state index is 12.8. The second kappa shape index (κ2) is 6.70. The molecule has 0 aliphatic heterocycles. The summed E-state index contributed by atoms with van der Waals surface area (Å²) in [5, 5.41) is 0. The van der Waals surface area contributed by atoms with Gasteiger partial charge < -0.3 is 0 Å². The van der Waals surface area contributed by atoms with Crippen molar-refractivity contribution in [3.05, 3.63) is 54.4 Å². The molecule has 5 nitrogen and oxygen atoms in total. The second-order valence-electron chi connectivity index (χ2n) is 4.69. The molecule has 0 N–H and O–H groups in total. The number of carbonyl (C=O) groups excluding carboxylic acids is 1. The van der Waals surface area contributed by atoms with Crippen LogP contribution in [0.2, 0.25) is 0 Å². The van der Waals surface area contributed by atoms with Gasteiger partial charge in [-0.1, -0.05) is 19.1 Å². The molecule has 0 atom stereocenters. The van der Waals surface area contributed by atoms with E-state index in [1.807, 2.05) is 0 Å². The van der Waals surface area contributed by atoms with E-state index in [1.54, 1.807) is 44.3 Å². The van der Waals surface area contributed by atoms with Crippen LogP contribution >= 0.6 is 0 Å². The highest BCUT2D eigenvalue weighted by molar-refractivity contribution is 7.92. The van der Waals surface area contributed by atoms with E-state index in [-0.39, 0.29) is 17.2 Å². The molecule has 0 amide bonds. The first-order valence-corrected chi connectivity index (χ1v) is 8.50. The van der Waals surface area contributed by atoms with Crippen molar-refractivity contribution in [3.63, 3.8) is 0 Å². The van der Waals surface area contributed by atoms with E-state index >= 15 is 0 Å². The Balaban J connectivity index is 2.47. The van der Waals surface area contributed by atoms with Gasteiger partial charge in [0, 0.05) is 24.7 Å². The van der Waals surface area contributed by atoms with Crippen LogP contribution in [0.4, 0.5) is 5.69 Å². The number of rotatable bonds is 6. The highest BCUT2D eigenvalue weighted by atomic mass is 32.2. The summed E-state index contributed by atoms with van der Waals surface area (Å²) in [5.74, 6) is -0.0820. The summed E-state index contributed by atoms with van der Waals surface area (Å²) in [6, 6.07) is 9.53. The summed E-state index contributed by atoms with van der Waals surface area (Å²) in [5.41, 5.74) is 0.906. The Bertz CT molecular complexity index is 758. The van der Waals surface area contributed by atoms with Crippen molar-refractivity contribution in [3.8, 4) is 0 Å². The number of hydrogen-bond acceptors (Lipinski definition) is 4. The average Bonchev–Trinajstić information content (AvgIpc) is 2.55. The fourth-order valence-electron chi connectivity index (χ4n) is 2.15. The lowest BCUT2D eigenvalue weighted by molar-refractivity contribution is 0.0988. The lowest BCUT2D eigenvalue weighted by Crippen LogP contribution is -2.31. The molecule has 0 saturated heterocycles. The number of ketones is 1. The molecule has 2 rings (SSSR count). The van der Waals surface area contributed by atoms with Crippen molar-refractivity contribution < 1.29 is 13.2 Å². The van der Waals surface area contributed by atoms with Gasteiger partial charge in [0.25, 0.3) is 10.0 Å². The third-order valence-corrected chi connectivity index (χ3v) is 5.19. The molecule has 0 bridgehead atoms. The zero-order valence-electron chi connectivity index (χ0n) is 12.6. The molecule has 22 heavy (non-hydrogen) atoms. The molecule has 1 aromatic heterocycles. The van der Waals surface area contributed by atoms with Gasteiger partial charge in [0.1, 0.15) is 0 Å². The van der Waals surface area contributed by atoms with E-state index in [0.717, 1.165) is 0 Å². The Morgan fingerprint density at radius 2 is 1.95 bits per heavy atom. The Labute approximate surface area is 130 Å². The molecule has 0 saturated carbocycles. The summed E-state index contributed by atoms with van der Waals surface area (Å²) in [4.78, 5) is 15.9. The van der Waals surface area contributed by atoms with Gasteiger partial charge in [-0.05, 0) is 31.2 Å². The topological polar surface area (TPSA) is 67.3 Å². The molecule has 0 aliphatic rings. The Morgan fingerprint density at radius 3 is 2.55 bits per heavy atom. The minimum atomic E-state index is -3.73. The smallest absolute Gasteiger partial charge is 0.264 e. The van der Waals surface area contributed by atoms with Crippen LogP contribution in [0.3, 0.4) is 0 Å². The van der Waals surface area contributed by atoms with E-state index in [1.165, 1.54) is 22.6 Å². The lowest BCUT2D eigenvalue weighted by Gasteiger charge is -2.22. The molecular weight excluding hydrogens is 300 g/mol. The third-order valence-electron chi connectivity index (χ3n) is 3.29. The quantitative estimate of drug-likeness (QED) is 0.768. The molecule has 116 valence electrons. The predicted molar refractivity (Wildman–Crippen MR) is 85.5 cm³/mol. The van der Waals surface area contributed by atoms with Crippen molar-refractivity contribution in [2.45, 2.75) is 25.2 Å². The van der Waals surface area contributed by atoms with Crippen LogP contribution in [0.25, 0.3) is 0 Å². The van der Waals surface area contributed by atoms with E-state index in [2.05, 4.69) is 4.98 Å². The Hall–Kier alpha value is -2.21. The number of anilines is 1. The summed E-state index contributed by atoms with van der Waals surface area (Å²) in [6.07, 6.45) is 3.43. The zero-order chi connectivity index (χ0) is 16.2. The van der Waals surface area contributed by atoms with Crippen LogP contribution in [0.15, 0.2) is 53.7 Å². The number of hydrogen-bond donors (Lipinski definition) is 0.